The van der Waals surface area contributed by atoms with Gasteiger partial charge in [-0.15, -0.1) is 0 Å². The lowest BCUT2D eigenvalue weighted by molar-refractivity contribution is 0.0280. The van der Waals surface area contributed by atoms with Crippen molar-refractivity contribution in [3.05, 3.63) is 35.4 Å². The van der Waals surface area contributed by atoms with Crippen LogP contribution in [0.4, 0.5) is 0 Å². The first-order valence-electron chi connectivity index (χ1n) is 8.08. The van der Waals surface area contributed by atoms with E-state index in [-0.39, 0.29) is 6.10 Å². The van der Waals surface area contributed by atoms with E-state index in [2.05, 4.69) is 64.2 Å². The quantitative estimate of drug-likeness (QED) is 0.708. The summed E-state index contributed by atoms with van der Waals surface area (Å²) in [5.41, 5.74) is 2.73. The van der Waals surface area contributed by atoms with Gasteiger partial charge in [-0.3, -0.25) is 0 Å². The smallest absolute Gasteiger partial charge is 0.0769 e. The van der Waals surface area contributed by atoms with Crippen LogP contribution in [0.5, 0.6) is 0 Å². The van der Waals surface area contributed by atoms with Crippen LogP contribution in [-0.4, -0.2) is 19.3 Å². The van der Waals surface area contributed by atoms with Gasteiger partial charge in [0.25, 0.3) is 0 Å². The molecule has 20 heavy (non-hydrogen) atoms. The zero-order valence-electron chi connectivity index (χ0n) is 13.8. The molecule has 2 heteroatoms. The fraction of sp³-hybridized carbons (Fsp3) is 0.667. The van der Waals surface area contributed by atoms with Crippen molar-refractivity contribution in [1.29, 1.82) is 0 Å². The Bertz CT molecular complexity index is 352. The minimum atomic E-state index is 0.259. The van der Waals surface area contributed by atoms with Crippen LogP contribution in [-0.2, 0) is 4.74 Å². The van der Waals surface area contributed by atoms with Crippen molar-refractivity contribution in [2.45, 2.75) is 65.5 Å². The van der Waals surface area contributed by atoms with Gasteiger partial charge >= 0.3 is 0 Å². The molecule has 0 aliphatic heterocycles. The van der Waals surface area contributed by atoms with E-state index in [4.69, 9.17) is 4.74 Å². The summed E-state index contributed by atoms with van der Waals surface area (Å²) in [6.07, 6.45) is 2.50. The predicted octanol–water partition coefficient (Wildman–Crippen LogP) is 4.67. The van der Waals surface area contributed by atoms with Crippen molar-refractivity contribution in [1.82, 2.24) is 5.32 Å². The highest BCUT2D eigenvalue weighted by molar-refractivity contribution is 5.27. The fourth-order valence-corrected chi connectivity index (χ4v) is 2.62. The highest BCUT2D eigenvalue weighted by Crippen LogP contribution is 2.25. The van der Waals surface area contributed by atoms with E-state index in [1.807, 2.05) is 0 Å². The molecule has 114 valence electrons. The summed E-state index contributed by atoms with van der Waals surface area (Å²) in [4.78, 5) is 0. The highest BCUT2D eigenvalue weighted by atomic mass is 16.5. The maximum absolute atomic E-state index is 5.97. The Balaban J connectivity index is 2.92. The number of likely N-dealkylation sites (N-methyl/N-ethyl adjacent to an activating group) is 1. The van der Waals surface area contributed by atoms with E-state index in [0.717, 1.165) is 26.0 Å². The summed E-state index contributed by atoms with van der Waals surface area (Å²) in [5.74, 6) is 0.583. The molecular formula is C18H31NO. The van der Waals surface area contributed by atoms with E-state index in [1.165, 1.54) is 11.1 Å². The van der Waals surface area contributed by atoms with Crippen LogP contribution < -0.4 is 5.32 Å². The lowest BCUT2D eigenvalue weighted by atomic mass is 9.95. The summed E-state index contributed by atoms with van der Waals surface area (Å²) in [6.45, 7) is 12.7. The molecule has 0 radical (unpaired) electrons. The van der Waals surface area contributed by atoms with Crippen LogP contribution >= 0.6 is 0 Å². The number of rotatable bonds is 9. The zero-order chi connectivity index (χ0) is 15.0. The monoisotopic (exact) mass is 277 g/mol. The first kappa shape index (κ1) is 17.2. The SMILES string of the molecule is CCCC(OCC)C(NCC)c1ccc(C(C)C)cc1. The molecule has 0 fully saturated rings. The van der Waals surface area contributed by atoms with Crippen molar-refractivity contribution >= 4 is 0 Å². The van der Waals surface area contributed by atoms with Gasteiger partial charge in [0, 0.05) is 6.61 Å². The highest BCUT2D eigenvalue weighted by Gasteiger charge is 2.22. The molecule has 0 aromatic heterocycles. The Morgan fingerprint density at radius 3 is 2.05 bits per heavy atom. The molecule has 1 aromatic carbocycles. The van der Waals surface area contributed by atoms with Gasteiger partial charge in [0.15, 0.2) is 0 Å². The van der Waals surface area contributed by atoms with Crippen molar-refractivity contribution in [3.63, 3.8) is 0 Å². The number of benzene rings is 1. The topological polar surface area (TPSA) is 21.3 Å². The standard InChI is InChI=1S/C18H31NO/c1-6-9-17(20-8-3)18(19-7-2)16-12-10-15(11-13-16)14(4)5/h10-14,17-19H,6-9H2,1-5H3. The zero-order valence-corrected chi connectivity index (χ0v) is 13.8. The second-order valence-electron chi connectivity index (χ2n) is 5.64. The third-order valence-electron chi connectivity index (χ3n) is 3.71. The molecule has 0 saturated carbocycles. The van der Waals surface area contributed by atoms with Gasteiger partial charge in [0.1, 0.15) is 0 Å². The fourth-order valence-electron chi connectivity index (χ4n) is 2.62. The summed E-state index contributed by atoms with van der Waals surface area (Å²) < 4.78 is 5.97. The Labute approximate surface area is 124 Å². The van der Waals surface area contributed by atoms with Crippen LogP contribution in [0.2, 0.25) is 0 Å². The first-order valence-corrected chi connectivity index (χ1v) is 8.08. The largest absolute Gasteiger partial charge is 0.377 e. The van der Waals surface area contributed by atoms with E-state index >= 15 is 0 Å². The maximum atomic E-state index is 5.97. The Morgan fingerprint density at radius 1 is 1.00 bits per heavy atom. The van der Waals surface area contributed by atoms with Crippen LogP contribution in [0.1, 0.15) is 70.5 Å². The molecule has 0 heterocycles. The second kappa shape index (κ2) is 9.15. The molecule has 2 nitrogen and oxygen atoms in total. The first-order chi connectivity index (χ1) is 9.63. The predicted molar refractivity (Wildman–Crippen MR) is 87.3 cm³/mol. The van der Waals surface area contributed by atoms with E-state index in [1.54, 1.807) is 0 Å². The minimum absolute atomic E-state index is 0.259. The Hall–Kier alpha value is -0.860. The third-order valence-corrected chi connectivity index (χ3v) is 3.71. The molecule has 0 spiro atoms. The van der Waals surface area contributed by atoms with Gasteiger partial charge in [-0.1, -0.05) is 58.4 Å². The minimum Gasteiger partial charge on any atom is -0.377 e. The average molecular weight is 277 g/mol. The summed E-state index contributed by atoms with van der Waals surface area (Å²) in [5, 5.41) is 3.59. The van der Waals surface area contributed by atoms with Gasteiger partial charge in [0.05, 0.1) is 12.1 Å². The van der Waals surface area contributed by atoms with Gasteiger partial charge in [-0.25, -0.2) is 0 Å². The molecule has 1 N–H and O–H groups in total. The van der Waals surface area contributed by atoms with Gasteiger partial charge < -0.3 is 10.1 Å². The lowest BCUT2D eigenvalue weighted by Crippen LogP contribution is -2.34. The van der Waals surface area contributed by atoms with Crippen LogP contribution in [0, 0.1) is 0 Å². The molecule has 0 aliphatic rings. The Kier molecular flexibility index (Phi) is 7.86. The molecular weight excluding hydrogens is 246 g/mol. The normalized spacial score (nSPS) is 14.5. The second-order valence-corrected chi connectivity index (χ2v) is 5.64. The molecule has 0 aliphatic carbocycles. The van der Waals surface area contributed by atoms with Gasteiger partial charge in [-0.05, 0) is 36.9 Å². The summed E-state index contributed by atoms with van der Waals surface area (Å²) in [7, 11) is 0. The summed E-state index contributed by atoms with van der Waals surface area (Å²) in [6, 6.07) is 9.30. The maximum Gasteiger partial charge on any atom is 0.0769 e. The number of hydrogen-bond donors (Lipinski definition) is 1. The van der Waals surface area contributed by atoms with Crippen LogP contribution in [0.3, 0.4) is 0 Å². The molecule has 1 aromatic rings. The number of ether oxygens (including phenoxy) is 1. The Morgan fingerprint density at radius 2 is 1.60 bits per heavy atom. The van der Waals surface area contributed by atoms with Gasteiger partial charge in [0.2, 0.25) is 0 Å². The van der Waals surface area contributed by atoms with Crippen molar-refractivity contribution < 1.29 is 4.74 Å². The molecule has 0 amide bonds. The van der Waals surface area contributed by atoms with E-state index < -0.39 is 0 Å². The molecule has 2 unspecified atom stereocenters. The summed E-state index contributed by atoms with van der Waals surface area (Å²) >= 11 is 0. The van der Waals surface area contributed by atoms with Crippen molar-refractivity contribution in [2.75, 3.05) is 13.2 Å². The van der Waals surface area contributed by atoms with Crippen molar-refractivity contribution in [3.8, 4) is 0 Å². The molecule has 0 bridgehead atoms. The lowest BCUT2D eigenvalue weighted by Gasteiger charge is -2.28. The molecule has 1 rings (SSSR count). The van der Waals surface area contributed by atoms with Crippen LogP contribution in [0.15, 0.2) is 24.3 Å². The van der Waals surface area contributed by atoms with Gasteiger partial charge in [-0.2, -0.15) is 0 Å². The third kappa shape index (κ3) is 4.92. The number of nitrogens with one attached hydrogen (secondary N) is 1. The van der Waals surface area contributed by atoms with Crippen molar-refractivity contribution in [2.24, 2.45) is 0 Å². The van der Waals surface area contributed by atoms with E-state index in [9.17, 15) is 0 Å². The number of hydrogen-bond acceptors (Lipinski definition) is 2. The van der Waals surface area contributed by atoms with E-state index in [0.29, 0.717) is 12.0 Å². The average Bonchev–Trinajstić information content (AvgIpc) is 2.45. The van der Waals surface area contributed by atoms with Crippen LogP contribution in [0.25, 0.3) is 0 Å². The molecule has 2 atom stereocenters. The molecule has 0 saturated heterocycles.